The predicted molar refractivity (Wildman–Crippen MR) is 121 cm³/mol. The number of hydrogen-bond acceptors (Lipinski definition) is 4. The first-order valence-electron chi connectivity index (χ1n) is 9.75. The van der Waals surface area contributed by atoms with Crippen LogP contribution in [0.4, 0.5) is 0 Å². The van der Waals surface area contributed by atoms with Gasteiger partial charge in [-0.15, -0.1) is 24.0 Å². The number of nitrogens with one attached hydrogen (secondary N) is 1. The summed E-state index contributed by atoms with van der Waals surface area (Å²) in [6.45, 7) is 9.74. The fourth-order valence-electron chi connectivity index (χ4n) is 3.69. The Morgan fingerprint density at radius 1 is 1.27 bits per heavy atom. The number of likely N-dealkylation sites (tertiary alicyclic amines) is 1. The number of methoxy groups -OCH3 is 1. The standard InChI is InChI=1S/C19H40N4O2.HI/c1-7-17(8-2)18(22(4)5)13-21-19(20-3)23-10-9-16(14-23)15-25-12-11-24-6;/h16-18H,7-15H2,1-6H3,(H,20,21);1H. The van der Waals surface area contributed by atoms with Crippen LogP contribution in [-0.4, -0.2) is 89.5 Å². The van der Waals surface area contributed by atoms with E-state index >= 15 is 0 Å². The van der Waals surface area contributed by atoms with Crippen molar-refractivity contribution >= 4 is 29.9 Å². The average molecular weight is 484 g/mol. The molecular weight excluding hydrogens is 443 g/mol. The van der Waals surface area contributed by atoms with Gasteiger partial charge >= 0.3 is 0 Å². The van der Waals surface area contributed by atoms with E-state index in [0.29, 0.717) is 31.1 Å². The fraction of sp³-hybridized carbons (Fsp3) is 0.947. The Morgan fingerprint density at radius 3 is 2.50 bits per heavy atom. The summed E-state index contributed by atoms with van der Waals surface area (Å²) in [5.41, 5.74) is 0. The number of guanidine groups is 1. The topological polar surface area (TPSA) is 49.3 Å². The largest absolute Gasteiger partial charge is 0.382 e. The maximum Gasteiger partial charge on any atom is 0.193 e. The third-order valence-corrected chi connectivity index (χ3v) is 5.31. The molecule has 1 saturated heterocycles. The number of likely N-dealkylation sites (N-methyl/N-ethyl adjacent to an activating group) is 1. The average Bonchev–Trinajstić information content (AvgIpc) is 3.07. The van der Waals surface area contributed by atoms with Crippen LogP contribution in [0.3, 0.4) is 0 Å². The van der Waals surface area contributed by atoms with Gasteiger partial charge in [0.05, 0.1) is 19.8 Å². The molecule has 0 aliphatic carbocycles. The van der Waals surface area contributed by atoms with Crippen molar-refractivity contribution in [1.82, 2.24) is 15.1 Å². The van der Waals surface area contributed by atoms with Crippen molar-refractivity contribution in [3.63, 3.8) is 0 Å². The van der Waals surface area contributed by atoms with Crippen LogP contribution in [0.25, 0.3) is 0 Å². The maximum absolute atomic E-state index is 5.69. The molecule has 1 rings (SSSR count). The fourth-order valence-corrected chi connectivity index (χ4v) is 3.69. The van der Waals surface area contributed by atoms with Gasteiger partial charge in [0.2, 0.25) is 0 Å². The number of hydrogen-bond donors (Lipinski definition) is 1. The van der Waals surface area contributed by atoms with Gasteiger partial charge in [-0.1, -0.05) is 26.7 Å². The van der Waals surface area contributed by atoms with Crippen molar-refractivity contribution in [2.75, 3.05) is 67.7 Å². The normalized spacial score (nSPS) is 19.2. The molecule has 0 aromatic heterocycles. The summed E-state index contributed by atoms with van der Waals surface area (Å²) in [5.74, 6) is 2.32. The molecule has 1 aliphatic rings. The smallest absolute Gasteiger partial charge is 0.193 e. The third-order valence-electron chi connectivity index (χ3n) is 5.31. The van der Waals surface area contributed by atoms with Crippen molar-refractivity contribution in [1.29, 1.82) is 0 Å². The van der Waals surface area contributed by atoms with Crippen LogP contribution in [-0.2, 0) is 9.47 Å². The number of rotatable bonds is 11. The van der Waals surface area contributed by atoms with Crippen molar-refractivity contribution in [3.05, 3.63) is 0 Å². The molecule has 1 aliphatic heterocycles. The summed E-state index contributed by atoms with van der Waals surface area (Å²) in [5, 5.41) is 3.61. The van der Waals surface area contributed by atoms with Gasteiger partial charge in [-0.05, 0) is 26.4 Å². The highest BCUT2D eigenvalue weighted by Gasteiger charge is 2.26. The Labute approximate surface area is 178 Å². The number of nitrogens with zero attached hydrogens (tertiary/aromatic N) is 3. The molecule has 156 valence electrons. The lowest BCUT2D eigenvalue weighted by molar-refractivity contribution is 0.0536. The van der Waals surface area contributed by atoms with Crippen molar-refractivity contribution in [3.8, 4) is 0 Å². The molecule has 2 unspecified atom stereocenters. The summed E-state index contributed by atoms with van der Waals surface area (Å²) in [6.07, 6.45) is 3.59. The van der Waals surface area contributed by atoms with Crippen LogP contribution in [0.1, 0.15) is 33.1 Å². The molecule has 1 fully saturated rings. The van der Waals surface area contributed by atoms with E-state index in [1.54, 1.807) is 7.11 Å². The number of halogens is 1. The maximum atomic E-state index is 5.69. The molecule has 0 amide bonds. The molecule has 26 heavy (non-hydrogen) atoms. The highest BCUT2D eigenvalue weighted by molar-refractivity contribution is 14.0. The Balaban J connectivity index is 0.00000625. The first-order valence-corrected chi connectivity index (χ1v) is 9.75. The Bertz CT molecular complexity index is 379. The van der Waals surface area contributed by atoms with E-state index in [1.807, 2.05) is 7.05 Å². The molecule has 0 aromatic rings. The molecule has 0 aromatic carbocycles. The van der Waals surface area contributed by atoms with Gasteiger partial charge in [0, 0.05) is 45.8 Å². The second-order valence-electron chi connectivity index (χ2n) is 7.20. The Hall–Kier alpha value is -0.120. The summed E-state index contributed by atoms with van der Waals surface area (Å²) in [4.78, 5) is 9.22. The van der Waals surface area contributed by atoms with Crippen LogP contribution in [0, 0.1) is 11.8 Å². The SMILES string of the molecule is CCC(CC)C(CNC(=NC)N1CCC(COCCOC)C1)N(C)C.I. The van der Waals surface area contributed by atoms with Crippen molar-refractivity contribution < 1.29 is 9.47 Å². The molecule has 1 heterocycles. The van der Waals surface area contributed by atoms with E-state index in [1.165, 1.54) is 12.8 Å². The van der Waals surface area contributed by atoms with Crippen LogP contribution < -0.4 is 5.32 Å². The van der Waals surface area contributed by atoms with E-state index in [-0.39, 0.29) is 24.0 Å². The quantitative estimate of drug-likeness (QED) is 0.212. The first kappa shape index (κ1) is 25.9. The van der Waals surface area contributed by atoms with Gasteiger partial charge in [-0.25, -0.2) is 0 Å². The third kappa shape index (κ3) is 8.71. The molecule has 7 heteroatoms. The summed E-state index contributed by atoms with van der Waals surface area (Å²) in [6, 6.07) is 0.530. The molecular formula is C19H41IN4O2. The molecule has 6 nitrogen and oxygen atoms in total. The second-order valence-corrected chi connectivity index (χ2v) is 7.20. The zero-order valence-corrected chi connectivity index (χ0v) is 20.0. The minimum atomic E-state index is 0. The number of aliphatic imine (C=N–C) groups is 1. The van der Waals surface area contributed by atoms with Gasteiger partial charge in [0.1, 0.15) is 0 Å². The lowest BCUT2D eigenvalue weighted by atomic mass is 9.93. The molecule has 1 N–H and O–H groups in total. The summed E-state index contributed by atoms with van der Waals surface area (Å²) < 4.78 is 10.7. The van der Waals surface area contributed by atoms with Crippen LogP contribution in [0.5, 0.6) is 0 Å². The van der Waals surface area contributed by atoms with Gasteiger partial charge in [0.15, 0.2) is 5.96 Å². The highest BCUT2D eigenvalue weighted by Crippen LogP contribution is 2.18. The summed E-state index contributed by atoms with van der Waals surface area (Å²) >= 11 is 0. The van der Waals surface area contributed by atoms with Crippen LogP contribution in [0.15, 0.2) is 4.99 Å². The van der Waals surface area contributed by atoms with E-state index in [4.69, 9.17) is 9.47 Å². The van der Waals surface area contributed by atoms with Crippen molar-refractivity contribution in [2.45, 2.75) is 39.2 Å². The zero-order valence-electron chi connectivity index (χ0n) is 17.7. The molecule has 2 atom stereocenters. The zero-order chi connectivity index (χ0) is 18.7. The first-order chi connectivity index (χ1) is 12.1. The lowest BCUT2D eigenvalue weighted by Gasteiger charge is -2.33. The lowest BCUT2D eigenvalue weighted by Crippen LogP contribution is -2.48. The number of ether oxygens (including phenoxy) is 2. The second kappa shape index (κ2) is 14.9. The van der Waals surface area contributed by atoms with Gasteiger partial charge in [-0.3, -0.25) is 4.99 Å². The van der Waals surface area contributed by atoms with Gasteiger partial charge in [0.25, 0.3) is 0 Å². The minimum Gasteiger partial charge on any atom is -0.382 e. The Kier molecular flexibility index (Phi) is 14.8. The van der Waals surface area contributed by atoms with Crippen LogP contribution >= 0.6 is 24.0 Å². The van der Waals surface area contributed by atoms with Crippen molar-refractivity contribution in [2.24, 2.45) is 16.8 Å². The molecule has 0 radical (unpaired) electrons. The van der Waals surface area contributed by atoms with E-state index in [0.717, 1.165) is 38.6 Å². The molecule has 0 spiro atoms. The van der Waals surface area contributed by atoms with Gasteiger partial charge < -0.3 is 24.6 Å². The Morgan fingerprint density at radius 2 is 1.96 bits per heavy atom. The van der Waals surface area contributed by atoms with E-state index in [9.17, 15) is 0 Å². The van der Waals surface area contributed by atoms with Crippen LogP contribution in [0.2, 0.25) is 0 Å². The molecule has 0 saturated carbocycles. The highest BCUT2D eigenvalue weighted by atomic mass is 127. The monoisotopic (exact) mass is 484 g/mol. The predicted octanol–water partition coefficient (Wildman–Crippen LogP) is 2.53. The van der Waals surface area contributed by atoms with E-state index in [2.05, 4.69) is 48.1 Å². The summed E-state index contributed by atoms with van der Waals surface area (Å²) in [7, 11) is 7.94. The minimum absolute atomic E-state index is 0. The van der Waals surface area contributed by atoms with E-state index < -0.39 is 0 Å². The van der Waals surface area contributed by atoms with Gasteiger partial charge in [-0.2, -0.15) is 0 Å². The molecule has 0 bridgehead atoms.